The number of nitrogens with zero attached hydrogens (tertiary/aromatic N) is 1. The molecule has 0 bridgehead atoms. The Morgan fingerprint density at radius 3 is 2.65 bits per heavy atom. The van der Waals surface area contributed by atoms with Gasteiger partial charge in [0, 0.05) is 24.0 Å². The Kier molecular flexibility index (Phi) is 7.79. The molecular weight excluding hydrogens is 372 g/mol. The maximum atomic E-state index is 12.9. The van der Waals surface area contributed by atoms with Crippen molar-refractivity contribution in [2.24, 2.45) is 0 Å². The molecule has 0 saturated carbocycles. The number of sulfonamides is 1. The lowest BCUT2D eigenvalue weighted by Crippen LogP contribution is -2.48. The van der Waals surface area contributed by atoms with Gasteiger partial charge in [-0.05, 0) is 56.9 Å². The minimum Gasteiger partial charge on any atom is -0.497 e. The Morgan fingerprint density at radius 1 is 1.35 bits per heavy atom. The van der Waals surface area contributed by atoms with E-state index >= 15 is 0 Å². The van der Waals surface area contributed by atoms with E-state index in [-0.39, 0.29) is 17.2 Å². The van der Waals surface area contributed by atoms with Crippen molar-refractivity contribution in [2.45, 2.75) is 48.8 Å². The number of hydrogen-bond donors (Lipinski definition) is 1. The van der Waals surface area contributed by atoms with Gasteiger partial charge in [0.15, 0.2) is 0 Å². The highest BCUT2D eigenvalue weighted by Crippen LogP contribution is 2.29. The van der Waals surface area contributed by atoms with Gasteiger partial charge in [0.25, 0.3) is 0 Å². The zero-order chi connectivity index (χ0) is 19.2. The number of thioether (sulfide) groups is 1. The fourth-order valence-corrected chi connectivity index (χ4v) is 4.57. The second kappa shape index (κ2) is 9.62. The van der Waals surface area contributed by atoms with Crippen LogP contribution in [0.3, 0.4) is 0 Å². The van der Waals surface area contributed by atoms with E-state index in [4.69, 9.17) is 4.74 Å². The number of methoxy groups -OCH3 is 1. The lowest BCUT2D eigenvalue weighted by molar-refractivity contribution is -0.134. The van der Waals surface area contributed by atoms with Crippen molar-refractivity contribution in [1.82, 2.24) is 9.62 Å². The Hall–Kier alpha value is -1.25. The van der Waals surface area contributed by atoms with Crippen molar-refractivity contribution in [1.29, 1.82) is 0 Å². The molecule has 8 heteroatoms. The number of carbonyl (C=O) groups excluding carboxylic acids is 1. The Morgan fingerprint density at radius 2 is 2.04 bits per heavy atom. The van der Waals surface area contributed by atoms with Crippen LogP contribution in [0.5, 0.6) is 5.75 Å². The van der Waals surface area contributed by atoms with Crippen LogP contribution < -0.4 is 9.46 Å². The SMILES string of the molecule is COc1ccc(S[C@@H](C)C(=O)N2CCCC[C@@H]2CCNS(C)(=O)=O)cc1. The molecule has 1 aliphatic rings. The number of rotatable bonds is 8. The third kappa shape index (κ3) is 6.48. The van der Waals surface area contributed by atoms with E-state index < -0.39 is 10.0 Å². The predicted octanol–water partition coefficient (Wildman–Crippen LogP) is 2.50. The second-order valence-corrected chi connectivity index (χ2v) is 9.82. The van der Waals surface area contributed by atoms with Crippen molar-refractivity contribution in [3.05, 3.63) is 24.3 Å². The lowest BCUT2D eigenvalue weighted by atomic mass is 9.99. The maximum Gasteiger partial charge on any atom is 0.236 e. The Labute approximate surface area is 160 Å². The van der Waals surface area contributed by atoms with Crippen molar-refractivity contribution in [3.63, 3.8) is 0 Å². The highest BCUT2D eigenvalue weighted by atomic mass is 32.2. The summed E-state index contributed by atoms with van der Waals surface area (Å²) in [5.74, 6) is 0.915. The molecule has 2 atom stereocenters. The Balaban J connectivity index is 1.94. The van der Waals surface area contributed by atoms with Gasteiger partial charge in [-0.2, -0.15) is 0 Å². The van der Waals surface area contributed by atoms with Gasteiger partial charge in [-0.25, -0.2) is 13.1 Å². The number of ether oxygens (including phenoxy) is 1. The summed E-state index contributed by atoms with van der Waals surface area (Å²) in [6, 6.07) is 7.79. The fourth-order valence-electron chi connectivity index (χ4n) is 3.14. The monoisotopic (exact) mass is 400 g/mol. The summed E-state index contributed by atoms with van der Waals surface area (Å²) in [6.45, 7) is 3.04. The minimum absolute atomic E-state index is 0.101. The normalized spacial score (nSPS) is 19.2. The number of carbonyl (C=O) groups is 1. The van der Waals surface area contributed by atoms with Crippen LogP contribution in [0.2, 0.25) is 0 Å². The predicted molar refractivity (Wildman–Crippen MR) is 105 cm³/mol. The largest absolute Gasteiger partial charge is 0.497 e. The van der Waals surface area contributed by atoms with Crippen LogP contribution in [-0.2, 0) is 14.8 Å². The molecule has 146 valence electrons. The molecule has 0 aromatic heterocycles. The highest BCUT2D eigenvalue weighted by Gasteiger charge is 2.29. The molecule has 1 N–H and O–H groups in total. The van der Waals surface area contributed by atoms with E-state index in [0.717, 1.165) is 42.7 Å². The molecule has 0 spiro atoms. The van der Waals surface area contributed by atoms with Crippen LogP contribution in [0, 0.1) is 0 Å². The van der Waals surface area contributed by atoms with Gasteiger partial charge in [-0.15, -0.1) is 11.8 Å². The molecular formula is C18H28N2O4S2. The molecule has 1 saturated heterocycles. The molecule has 1 fully saturated rings. The molecule has 1 aromatic rings. The molecule has 26 heavy (non-hydrogen) atoms. The van der Waals surface area contributed by atoms with Gasteiger partial charge < -0.3 is 9.64 Å². The first kappa shape index (κ1) is 21.1. The maximum absolute atomic E-state index is 12.9. The molecule has 0 unspecified atom stereocenters. The molecule has 1 amide bonds. The van der Waals surface area contributed by atoms with E-state index in [0.29, 0.717) is 13.0 Å². The minimum atomic E-state index is -3.19. The van der Waals surface area contributed by atoms with E-state index in [1.165, 1.54) is 11.8 Å². The van der Waals surface area contributed by atoms with Gasteiger partial charge in [-0.1, -0.05) is 0 Å². The molecule has 1 aromatic carbocycles. The first-order chi connectivity index (χ1) is 12.3. The Bertz CT molecular complexity index is 692. The molecule has 2 rings (SSSR count). The standard InChI is InChI=1S/C18H28N2O4S2/c1-14(25-17-9-7-16(24-2)8-10-17)18(21)20-13-5-4-6-15(20)11-12-19-26(3,22)23/h7-10,14-15,19H,4-6,11-13H2,1-3H3/t14-,15+/m0/s1. The number of nitrogens with one attached hydrogen (secondary N) is 1. The summed E-state index contributed by atoms with van der Waals surface area (Å²) in [5, 5.41) is -0.188. The fraction of sp³-hybridized carbons (Fsp3) is 0.611. The van der Waals surface area contributed by atoms with E-state index in [1.54, 1.807) is 7.11 Å². The third-order valence-corrected chi connectivity index (χ3v) is 6.30. The van der Waals surface area contributed by atoms with Crippen molar-refractivity contribution in [2.75, 3.05) is 26.5 Å². The quantitative estimate of drug-likeness (QED) is 0.679. The average Bonchev–Trinajstić information content (AvgIpc) is 2.61. The lowest BCUT2D eigenvalue weighted by Gasteiger charge is -2.37. The van der Waals surface area contributed by atoms with E-state index in [2.05, 4.69) is 4.72 Å². The number of hydrogen-bond acceptors (Lipinski definition) is 5. The van der Waals surface area contributed by atoms with Gasteiger partial charge in [0.2, 0.25) is 15.9 Å². The summed E-state index contributed by atoms with van der Waals surface area (Å²) in [7, 11) is -1.56. The van der Waals surface area contributed by atoms with Gasteiger partial charge in [0.1, 0.15) is 5.75 Å². The summed E-state index contributed by atoms with van der Waals surface area (Å²) in [4.78, 5) is 15.9. The van der Waals surface area contributed by atoms with Crippen molar-refractivity contribution < 1.29 is 17.9 Å². The number of piperidine rings is 1. The second-order valence-electron chi connectivity index (χ2n) is 6.57. The average molecular weight is 401 g/mol. The first-order valence-electron chi connectivity index (χ1n) is 8.86. The zero-order valence-electron chi connectivity index (χ0n) is 15.6. The zero-order valence-corrected chi connectivity index (χ0v) is 17.2. The van der Waals surface area contributed by atoms with Gasteiger partial charge in [-0.3, -0.25) is 4.79 Å². The molecule has 6 nitrogen and oxygen atoms in total. The summed E-state index contributed by atoms with van der Waals surface area (Å²) >= 11 is 1.54. The summed E-state index contributed by atoms with van der Waals surface area (Å²) in [5.41, 5.74) is 0. The third-order valence-electron chi connectivity index (χ3n) is 4.47. The topological polar surface area (TPSA) is 75.7 Å². The van der Waals surface area contributed by atoms with Crippen LogP contribution in [-0.4, -0.2) is 57.0 Å². The van der Waals surface area contributed by atoms with Gasteiger partial charge >= 0.3 is 0 Å². The number of benzene rings is 1. The molecule has 0 aliphatic carbocycles. The first-order valence-corrected chi connectivity index (χ1v) is 11.6. The molecule has 1 aliphatic heterocycles. The highest BCUT2D eigenvalue weighted by molar-refractivity contribution is 8.00. The van der Waals surface area contributed by atoms with Gasteiger partial charge in [0.05, 0.1) is 18.6 Å². The molecule has 0 radical (unpaired) electrons. The number of likely N-dealkylation sites (tertiary alicyclic amines) is 1. The number of amides is 1. The van der Waals surface area contributed by atoms with Crippen LogP contribution in [0.4, 0.5) is 0 Å². The summed E-state index contributed by atoms with van der Waals surface area (Å²) < 4.78 is 30.2. The van der Waals surface area contributed by atoms with Crippen LogP contribution >= 0.6 is 11.8 Å². The smallest absolute Gasteiger partial charge is 0.236 e. The molecule has 1 heterocycles. The van der Waals surface area contributed by atoms with E-state index in [9.17, 15) is 13.2 Å². The summed E-state index contributed by atoms with van der Waals surface area (Å²) in [6.07, 6.45) is 4.81. The van der Waals surface area contributed by atoms with E-state index in [1.807, 2.05) is 36.1 Å². The van der Waals surface area contributed by atoms with Crippen LogP contribution in [0.1, 0.15) is 32.6 Å². The van der Waals surface area contributed by atoms with Crippen molar-refractivity contribution >= 4 is 27.7 Å². The van der Waals surface area contributed by atoms with Crippen LogP contribution in [0.15, 0.2) is 29.2 Å². The van der Waals surface area contributed by atoms with Crippen LogP contribution in [0.25, 0.3) is 0 Å². The van der Waals surface area contributed by atoms with Crippen molar-refractivity contribution in [3.8, 4) is 5.75 Å².